The van der Waals surface area contributed by atoms with Gasteiger partial charge in [0.1, 0.15) is 5.01 Å². The summed E-state index contributed by atoms with van der Waals surface area (Å²) in [5.74, 6) is 1.36. The minimum Gasteiger partial charge on any atom is -0.461 e. The van der Waals surface area contributed by atoms with E-state index in [0.717, 1.165) is 11.4 Å². The molecular formula is C8H9N3OS. The Morgan fingerprint density at radius 3 is 3.15 bits per heavy atom. The van der Waals surface area contributed by atoms with Crippen LogP contribution in [0.1, 0.15) is 5.01 Å². The van der Waals surface area contributed by atoms with Crippen LogP contribution in [-0.4, -0.2) is 15.9 Å². The molecule has 2 N–H and O–H groups in total. The maximum absolute atomic E-state index is 5.40. The van der Waals surface area contributed by atoms with Crippen LogP contribution in [0, 0.1) is 0 Å². The molecule has 0 bridgehead atoms. The number of rotatable bonds is 3. The Labute approximate surface area is 79.6 Å². The van der Waals surface area contributed by atoms with E-state index in [1.54, 1.807) is 6.26 Å². The average molecular weight is 195 g/mol. The summed E-state index contributed by atoms with van der Waals surface area (Å²) in [7, 11) is 0. The van der Waals surface area contributed by atoms with Crippen LogP contribution in [0.5, 0.6) is 0 Å². The second-order valence-corrected chi connectivity index (χ2v) is 3.36. The molecule has 2 rings (SSSR count). The van der Waals surface area contributed by atoms with Crippen molar-refractivity contribution in [2.75, 3.05) is 6.54 Å². The lowest BCUT2D eigenvalue weighted by molar-refractivity contribution is 0.578. The predicted octanol–water partition coefficient (Wildman–Crippen LogP) is 1.30. The molecule has 4 nitrogen and oxygen atoms in total. The number of aromatic nitrogens is 2. The van der Waals surface area contributed by atoms with Gasteiger partial charge in [-0.15, -0.1) is 0 Å². The van der Waals surface area contributed by atoms with Crippen LogP contribution in [0.25, 0.3) is 11.6 Å². The van der Waals surface area contributed by atoms with E-state index >= 15 is 0 Å². The fourth-order valence-corrected chi connectivity index (χ4v) is 1.64. The average Bonchev–Trinajstić information content (AvgIpc) is 2.70. The van der Waals surface area contributed by atoms with E-state index in [-0.39, 0.29) is 0 Å². The van der Waals surface area contributed by atoms with E-state index in [4.69, 9.17) is 10.2 Å². The van der Waals surface area contributed by atoms with Crippen molar-refractivity contribution in [1.29, 1.82) is 0 Å². The summed E-state index contributed by atoms with van der Waals surface area (Å²) in [6.45, 7) is 0.604. The van der Waals surface area contributed by atoms with Gasteiger partial charge in [-0.1, -0.05) is 0 Å². The molecule has 0 atom stereocenters. The molecule has 0 aromatic carbocycles. The summed E-state index contributed by atoms with van der Waals surface area (Å²) in [5, 5.41) is 0.953. The molecule has 0 saturated carbocycles. The van der Waals surface area contributed by atoms with Crippen LogP contribution < -0.4 is 5.73 Å². The number of hydrogen-bond acceptors (Lipinski definition) is 5. The fourth-order valence-electron chi connectivity index (χ4n) is 0.986. The molecular weight excluding hydrogens is 186 g/mol. The van der Waals surface area contributed by atoms with E-state index in [9.17, 15) is 0 Å². The van der Waals surface area contributed by atoms with Gasteiger partial charge in [0.2, 0.25) is 5.82 Å². The van der Waals surface area contributed by atoms with Gasteiger partial charge in [-0.3, -0.25) is 0 Å². The summed E-state index contributed by atoms with van der Waals surface area (Å²) in [6.07, 6.45) is 2.39. The Morgan fingerprint density at radius 1 is 1.54 bits per heavy atom. The van der Waals surface area contributed by atoms with Crippen LogP contribution in [0.15, 0.2) is 22.8 Å². The van der Waals surface area contributed by atoms with Crippen LogP contribution in [-0.2, 0) is 6.42 Å². The van der Waals surface area contributed by atoms with Crippen LogP contribution in [0.3, 0.4) is 0 Å². The van der Waals surface area contributed by atoms with Gasteiger partial charge in [0.25, 0.3) is 0 Å². The van der Waals surface area contributed by atoms with Crippen molar-refractivity contribution in [2.24, 2.45) is 5.73 Å². The number of nitrogens with zero attached hydrogens (tertiary/aromatic N) is 2. The molecule has 0 radical (unpaired) electrons. The summed E-state index contributed by atoms with van der Waals surface area (Å²) in [4.78, 5) is 4.28. The zero-order valence-electron chi connectivity index (χ0n) is 6.93. The Bertz CT molecular complexity index is 368. The largest absolute Gasteiger partial charge is 0.461 e. The third-order valence-electron chi connectivity index (χ3n) is 1.57. The molecule has 13 heavy (non-hydrogen) atoms. The fraction of sp³-hybridized carbons (Fsp3) is 0.250. The zero-order valence-corrected chi connectivity index (χ0v) is 7.75. The highest BCUT2D eigenvalue weighted by molar-refractivity contribution is 7.05. The molecule has 0 aliphatic rings. The van der Waals surface area contributed by atoms with Crippen molar-refractivity contribution in [3.63, 3.8) is 0 Å². The van der Waals surface area contributed by atoms with E-state index in [1.807, 2.05) is 12.1 Å². The molecule has 0 saturated heterocycles. The van der Waals surface area contributed by atoms with Crippen LogP contribution in [0.4, 0.5) is 0 Å². The van der Waals surface area contributed by atoms with Crippen molar-refractivity contribution in [1.82, 2.24) is 9.36 Å². The molecule has 5 heteroatoms. The summed E-state index contributed by atoms with van der Waals surface area (Å²) in [6, 6.07) is 3.66. The van der Waals surface area contributed by atoms with Gasteiger partial charge >= 0.3 is 0 Å². The van der Waals surface area contributed by atoms with E-state index in [2.05, 4.69) is 9.36 Å². The highest BCUT2D eigenvalue weighted by Crippen LogP contribution is 2.18. The minimum atomic E-state index is 0.604. The molecule has 0 fully saturated rings. The second-order valence-electron chi connectivity index (χ2n) is 2.53. The first kappa shape index (κ1) is 8.40. The summed E-state index contributed by atoms with van der Waals surface area (Å²) >= 11 is 1.37. The Morgan fingerprint density at radius 2 is 2.46 bits per heavy atom. The smallest absolute Gasteiger partial charge is 0.208 e. The quantitative estimate of drug-likeness (QED) is 0.801. The lowest BCUT2D eigenvalue weighted by Crippen LogP contribution is -2.01. The van der Waals surface area contributed by atoms with Crippen molar-refractivity contribution < 1.29 is 4.42 Å². The molecule has 0 unspecified atom stereocenters. The highest BCUT2D eigenvalue weighted by atomic mass is 32.1. The Balaban J connectivity index is 2.23. The molecule has 2 heterocycles. The van der Waals surface area contributed by atoms with Gasteiger partial charge in [-0.2, -0.15) is 4.37 Å². The highest BCUT2D eigenvalue weighted by Gasteiger charge is 2.07. The van der Waals surface area contributed by atoms with E-state index < -0.39 is 0 Å². The van der Waals surface area contributed by atoms with Crippen molar-refractivity contribution in [2.45, 2.75) is 6.42 Å². The molecule has 0 aliphatic heterocycles. The number of hydrogen-bond donors (Lipinski definition) is 1. The Hall–Kier alpha value is -1.20. The van der Waals surface area contributed by atoms with Crippen LogP contribution >= 0.6 is 11.5 Å². The zero-order chi connectivity index (χ0) is 9.10. The number of nitrogens with two attached hydrogens (primary N) is 1. The van der Waals surface area contributed by atoms with E-state index in [0.29, 0.717) is 18.1 Å². The van der Waals surface area contributed by atoms with Gasteiger partial charge < -0.3 is 10.2 Å². The van der Waals surface area contributed by atoms with Gasteiger partial charge in [0, 0.05) is 6.42 Å². The molecule has 0 spiro atoms. The predicted molar refractivity (Wildman–Crippen MR) is 50.4 cm³/mol. The maximum atomic E-state index is 5.40. The summed E-state index contributed by atoms with van der Waals surface area (Å²) < 4.78 is 9.32. The van der Waals surface area contributed by atoms with E-state index in [1.165, 1.54) is 11.5 Å². The number of furan rings is 1. The molecule has 2 aromatic rings. The lowest BCUT2D eigenvalue weighted by Gasteiger charge is -1.86. The summed E-state index contributed by atoms with van der Waals surface area (Å²) in [5.41, 5.74) is 5.40. The van der Waals surface area contributed by atoms with Gasteiger partial charge in [0.15, 0.2) is 5.76 Å². The first-order valence-corrected chi connectivity index (χ1v) is 4.74. The van der Waals surface area contributed by atoms with Crippen molar-refractivity contribution in [3.05, 3.63) is 23.4 Å². The third kappa shape index (κ3) is 1.76. The minimum absolute atomic E-state index is 0.604. The normalized spacial score (nSPS) is 10.5. The molecule has 0 aliphatic carbocycles. The van der Waals surface area contributed by atoms with Gasteiger partial charge in [-0.05, 0) is 30.2 Å². The third-order valence-corrected chi connectivity index (χ3v) is 2.34. The second kappa shape index (κ2) is 3.68. The molecule has 68 valence electrons. The topological polar surface area (TPSA) is 64.9 Å². The monoisotopic (exact) mass is 195 g/mol. The molecule has 0 amide bonds. The Kier molecular flexibility index (Phi) is 2.37. The van der Waals surface area contributed by atoms with Gasteiger partial charge in [-0.25, -0.2) is 4.98 Å². The first-order valence-electron chi connectivity index (χ1n) is 3.96. The SMILES string of the molecule is NCCc1nc(-c2ccco2)ns1. The maximum Gasteiger partial charge on any atom is 0.208 e. The van der Waals surface area contributed by atoms with Gasteiger partial charge in [0.05, 0.1) is 6.26 Å². The van der Waals surface area contributed by atoms with Crippen molar-refractivity contribution in [3.8, 4) is 11.6 Å². The first-order chi connectivity index (χ1) is 6.40. The van der Waals surface area contributed by atoms with Crippen molar-refractivity contribution >= 4 is 11.5 Å². The molecule has 2 aromatic heterocycles. The lowest BCUT2D eigenvalue weighted by atomic mass is 10.4. The standard InChI is InChI=1S/C8H9N3OS/c9-4-3-7-10-8(11-13-7)6-2-1-5-12-6/h1-2,5H,3-4,9H2. The van der Waals surface area contributed by atoms with Crippen LogP contribution in [0.2, 0.25) is 0 Å².